The molecule has 1 aliphatic rings. The third-order valence-corrected chi connectivity index (χ3v) is 5.76. The zero-order chi connectivity index (χ0) is 15.8. The van der Waals surface area contributed by atoms with Gasteiger partial charge in [-0.3, -0.25) is 0 Å². The third-order valence-electron chi connectivity index (χ3n) is 5.76. The Morgan fingerprint density at radius 3 is 2.14 bits per heavy atom. The van der Waals surface area contributed by atoms with Gasteiger partial charge in [0.1, 0.15) is 0 Å². The predicted molar refractivity (Wildman–Crippen MR) is 93.0 cm³/mol. The van der Waals surface area contributed by atoms with Crippen LogP contribution < -0.4 is 5.32 Å². The Morgan fingerprint density at radius 2 is 1.62 bits per heavy atom. The van der Waals surface area contributed by atoms with Crippen LogP contribution >= 0.6 is 0 Å². The average Bonchev–Trinajstić information content (AvgIpc) is 2.44. The normalized spacial score (nSPS) is 22.4. The summed E-state index contributed by atoms with van der Waals surface area (Å²) in [5.74, 6) is 0.660. The third kappa shape index (κ3) is 3.04. The summed E-state index contributed by atoms with van der Waals surface area (Å²) in [6.45, 7) is 14.2. The fourth-order valence-electron chi connectivity index (χ4n) is 3.82. The van der Waals surface area contributed by atoms with Gasteiger partial charge in [0, 0.05) is 6.04 Å². The van der Waals surface area contributed by atoms with Crippen molar-refractivity contribution in [1.82, 2.24) is 5.32 Å². The van der Waals surface area contributed by atoms with Gasteiger partial charge in [0.15, 0.2) is 0 Å². The van der Waals surface area contributed by atoms with E-state index in [0.29, 0.717) is 22.8 Å². The summed E-state index contributed by atoms with van der Waals surface area (Å²) in [7, 11) is 2.09. The molecule has 1 nitrogen and oxygen atoms in total. The summed E-state index contributed by atoms with van der Waals surface area (Å²) < 4.78 is 0. The van der Waals surface area contributed by atoms with Crippen molar-refractivity contribution >= 4 is 0 Å². The van der Waals surface area contributed by atoms with E-state index in [1.807, 2.05) is 0 Å². The second-order valence-electron chi connectivity index (χ2n) is 8.22. The van der Waals surface area contributed by atoms with Crippen molar-refractivity contribution < 1.29 is 0 Å². The highest BCUT2D eigenvalue weighted by atomic mass is 14.9. The topological polar surface area (TPSA) is 12.0 Å². The molecular formula is C20H33N. The van der Waals surface area contributed by atoms with Gasteiger partial charge < -0.3 is 5.32 Å². The van der Waals surface area contributed by atoms with Crippen LogP contribution in [0, 0.1) is 5.92 Å². The fraction of sp³-hybridized carbons (Fsp3) is 0.700. The molecule has 2 rings (SSSR count). The van der Waals surface area contributed by atoms with E-state index < -0.39 is 0 Å². The monoisotopic (exact) mass is 287 g/mol. The molecule has 2 atom stereocenters. The highest BCUT2D eigenvalue weighted by molar-refractivity contribution is 5.44. The van der Waals surface area contributed by atoms with Gasteiger partial charge in [-0.25, -0.2) is 0 Å². The number of benzene rings is 1. The largest absolute Gasteiger partial charge is 0.313 e. The summed E-state index contributed by atoms with van der Waals surface area (Å²) in [6, 6.07) is 7.71. The number of hydrogen-bond acceptors (Lipinski definition) is 1. The van der Waals surface area contributed by atoms with Crippen LogP contribution in [0.15, 0.2) is 18.2 Å². The number of rotatable bonds is 4. The molecule has 1 heteroatoms. The molecule has 2 unspecified atom stereocenters. The fourth-order valence-corrected chi connectivity index (χ4v) is 3.82. The molecule has 0 radical (unpaired) electrons. The van der Waals surface area contributed by atoms with Crippen LogP contribution in [-0.4, -0.2) is 7.05 Å². The Bertz CT molecular complexity index is 499. The van der Waals surface area contributed by atoms with E-state index >= 15 is 0 Å². The first-order chi connectivity index (χ1) is 9.73. The summed E-state index contributed by atoms with van der Waals surface area (Å²) in [5.41, 5.74) is 5.20. The molecule has 0 fully saturated rings. The van der Waals surface area contributed by atoms with E-state index in [1.165, 1.54) is 24.8 Å². The van der Waals surface area contributed by atoms with Gasteiger partial charge in [-0.1, -0.05) is 66.2 Å². The molecule has 118 valence electrons. The van der Waals surface area contributed by atoms with Gasteiger partial charge in [-0.2, -0.15) is 0 Å². The molecule has 1 aliphatic carbocycles. The van der Waals surface area contributed by atoms with Gasteiger partial charge in [0.2, 0.25) is 0 Å². The first-order valence-corrected chi connectivity index (χ1v) is 8.55. The van der Waals surface area contributed by atoms with Crippen molar-refractivity contribution in [3.8, 4) is 0 Å². The zero-order valence-corrected chi connectivity index (χ0v) is 15.0. The Hall–Kier alpha value is -0.820. The van der Waals surface area contributed by atoms with Crippen molar-refractivity contribution in [2.75, 3.05) is 7.05 Å². The van der Waals surface area contributed by atoms with Gasteiger partial charge >= 0.3 is 0 Å². The molecule has 0 heterocycles. The van der Waals surface area contributed by atoms with Gasteiger partial charge in [-0.05, 0) is 53.3 Å². The molecule has 0 saturated heterocycles. The van der Waals surface area contributed by atoms with Crippen LogP contribution in [0.1, 0.15) is 83.5 Å². The van der Waals surface area contributed by atoms with Crippen molar-refractivity contribution in [2.24, 2.45) is 5.92 Å². The van der Waals surface area contributed by atoms with Crippen LogP contribution in [0.4, 0.5) is 0 Å². The lowest BCUT2D eigenvalue weighted by atomic mass is 9.62. The maximum atomic E-state index is 3.52. The standard InChI is InChI=1S/C20H33N/c1-8-14(2)18(21-7)15-9-10-16-17(13-15)20(5,6)12-11-19(16,3)4/h9-10,13-14,18,21H,8,11-12H2,1-7H3. The molecule has 0 aliphatic heterocycles. The first kappa shape index (κ1) is 16.5. The first-order valence-electron chi connectivity index (χ1n) is 8.55. The van der Waals surface area contributed by atoms with E-state index in [2.05, 4.69) is 72.1 Å². The van der Waals surface area contributed by atoms with Gasteiger partial charge in [0.25, 0.3) is 0 Å². The van der Waals surface area contributed by atoms with Crippen LogP contribution in [-0.2, 0) is 10.8 Å². The maximum absolute atomic E-state index is 3.52. The summed E-state index contributed by atoms with van der Waals surface area (Å²) in [4.78, 5) is 0. The zero-order valence-electron chi connectivity index (χ0n) is 15.0. The minimum Gasteiger partial charge on any atom is -0.313 e. The number of nitrogens with one attached hydrogen (secondary N) is 1. The lowest BCUT2D eigenvalue weighted by molar-refractivity contribution is 0.330. The Morgan fingerprint density at radius 1 is 1.05 bits per heavy atom. The second kappa shape index (κ2) is 5.76. The molecule has 21 heavy (non-hydrogen) atoms. The van der Waals surface area contributed by atoms with Gasteiger partial charge in [-0.15, -0.1) is 0 Å². The highest BCUT2D eigenvalue weighted by Gasteiger charge is 2.37. The van der Waals surface area contributed by atoms with E-state index in [-0.39, 0.29) is 0 Å². The highest BCUT2D eigenvalue weighted by Crippen LogP contribution is 2.46. The van der Waals surface area contributed by atoms with E-state index in [0.717, 1.165) is 0 Å². The molecule has 0 bridgehead atoms. The number of hydrogen-bond donors (Lipinski definition) is 1. The van der Waals surface area contributed by atoms with Crippen LogP contribution in [0.2, 0.25) is 0 Å². The molecule has 1 N–H and O–H groups in total. The van der Waals surface area contributed by atoms with Crippen molar-refractivity contribution in [1.29, 1.82) is 0 Å². The summed E-state index contributed by atoms with van der Waals surface area (Å²) >= 11 is 0. The molecular weight excluding hydrogens is 254 g/mol. The second-order valence-corrected chi connectivity index (χ2v) is 8.22. The molecule has 0 spiro atoms. The van der Waals surface area contributed by atoms with Crippen LogP contribution in [0.5, 0.6) is 0 Å². The summed E-state index contributed by atoms with van der Waals surface area (Å²) in [5, 5.41) is 3.52. The van der Waals surface area contributed by atoms with E-state index in [9.17, 15) is 0 Å². The van der Waals surface area contributed by atoms with Crippen molar-refractivity contribution in [3.63, 3.8) is 0 Å². The Balaban J connectivity index is 2.50. The Kier molecular flexibility index (Phi) is 4.54. The minimum absolute atomic E-state index is 0.300. The molecule has 1 aromatic rings. The minimum atomic E-state index is 0.300. The SMILES string of the molecule is CCC(C)C(NC)c1ccc2c(c1)C(C)(C)CCC2(C)C. The Labute approximate surface area is 131 Å². The lowest BCUT2D eigenvalue weighted by Gasteiger charge is -2.42. The van der Waals surface area contributed by atoms with Gasteiger partial charge in [0.05, 0.1) is 0 Å². The smallest absolute Gasteiger partial charge is 0.0343 e. The van der Waals surface area contributed by atoms with E-state index in [4.69, 9.17) is 0 Å². The summed E-state index contributed by atoms with van der Waals surface area (Å²) in [6.07, 6.45) is 3.77. The van der Waals surface area contributed by atoms with Crippen molar-refractivity contribution in [3.05, 3.63) is 34.9 Å². The van der Waals surface area contributed by atoms with Crippen LogP contribution in [0.25, 0.3) is 0 Å². The van der Waals surface area contributed by atoms with Crippen LogP contribution in [0.3, 0.4) is 0 Å². The quantitative estimate of drug-likeness (QED) is 0.788. The predicted octanol–water partition coefficient (Wildman–Crippen LogP) is 5.34. The maximum Gasteiger partial charge on any atom is 0.0343 e. The molecule has 0 aromatic heterocycles. The molecule has 0 amide bonds. The number of fused-ring (bicyclic) bond motifs is 1. The molecule has 0 saturated carbocycles. The van der Waals surface area contributed by atoms with E-state index in [1.54, 1.807) is 11.1 Å². The average molecular weight is 287 g/mol. The van der Waals surface area contributed by atoms with Crippen molar-refractivity contribution in [2.45, 2.75) is 77.7 Å². The lowest BCUT2D eigenvalue weighted by Crippen LogP contribution is -2.34. The molecule has 1 aromatic carbocycles.